The largest absolute Gasteiger partial charge is 0.491 e. The summed E-state index contributed by atoms with van der Waals surface area (Å²) in [5.41, 5.74) is 5.49. The maximum atomic E-state index is 12.8. The maximum absolute atomic E-state index is 12.8. The number of aromatic nitrogens is 2. The van der Waals surface area contributed by atoms with Gasteiger partial charge in [0.25, 0.3) is 0 Å². The zero-order valence-corrected chi connectivity index (χ0v) is 19.2. The number of imidazole rings is 1. The summed E-state index contributed by atoms with van der Waals surface area (Å²) in [6.07, 6.45) is 0.494. The minimum atomic E-state index is 0.0776. The number of nitrogens with zero attached hydrogens (tertiary/aromatic N) is 3. The molecule has 5 nitrogen and oxygen atoms in total. The first kappa shape index (κ1) is 21.3. The number of carbonyl (C=O) groups excluding carboxylic acids is 1. The third-order valence-electron chi connectivity index (χ3n) is 6.45. The van der Waals surface area contributed by atoms with Crippen molar-refractivity contribution in [2.75, 3.05) is 13.2 Å². The molecule has 1 fully saturated rings. The number of amides is 1. The Labute approximate surface area is 194 Å². The van der Waals surface area contributed by atoms with Crippen LogP contribution in [-0.4, -0.2) is 33.5 Å². The number of carbonyl (C=O) groups is 1. The van der Waals surface area contributed by atoms with E-state index in [4.69, 9.17) is 9.72 Å². The minimum Gasteiger partial charge on any atom is -0.491 e. The molecule has 0 saturated carbocycles. The summed E-state index contributed by atoms with van der Waals surface area (Å²) in [4.78, 5) is 19.7. The fraction of sp³-hybridized carbons (Fsp3) is 0.286. The second kappa shape index (κ2) is 9.10. The summed E-state index contributed by atoms with van der Waals surface area (Å²) in [7, 11) is 0. The van der Waals surface area contributed by atoms with Crippen molar-refractivity contribution in [3.63, 3.8) is 0 Å². The maximum Gasteiger partial charge on any atom is 0.223 e. The summed E-state index contributed by atoms with van der Waals surface area (Å²) in [6, 6.07) is 24.6. The van der Waals surface area contributed by atoms with Crippen LogP contribution in [-0.2, 0) is 17.9 Å². The van der Waals surface area contributed by atoms with E-state index < -0.39 is 0 Å². The predicted molar refractivity (Wildman–Crippen MR) is 130 cm³/mol. The van der Waals surface area contributed by atoms with Crippen LogP contribution < -0.4 is 4.74 Å². The quantitative estimate of drug-likeness (QED) is 0.395. The summed E-state index contributed by atoms with van der Waals surface area (Å²) in [5, 5.41) is 0. The van der Waals surface area contributed by atoms with Gasteiger partial charge in [0.2, 0.25) is 5.91 Å². The van der Waals surface area contributed by atoms with Crippen LogP contribution in [0.2, 0.25) is 0 Å². The smallest absolute Gasteiger partial charge is 0.223 e. The van der Waals surface area contributed by atoms with Gasteiger partial charge in [0.1, 0.15) is 18.2 Å². The number of rotatable bonds is 7. The lowest BCUT2D eigenvalue weighted by molar-refractivity contribution is -0.128. The number of likely N-dealkylation sites (tertiary alicyclic amines) is 1. The number of fused-ring (bicyclic) bond motifs is 1. The molecule has 1 saturated heterocycles. The molecule has 5 rings (SSSR count). The molecule has 168 valence electrons. The standard InChI is InChI=1S/C28H29N3O2/c1-20-9-8-10-21(2)27(20)33-16-15-31-25-14-7-6-13-24(25)29-28(31)23-17-26(32)30(19-23)18-22-11-4-3-5-12-22/h3-14,23H,15-19H2,1-2H3/t23-/m0/s1. The van der Waals surface area contributed by atoms with Gasteiger partial charge in [-0.25, -0.2) is 4.98 Å². The molecule has 0 aliphatic carbocycles. The minimum absolute atomic E-state index is 0.0776. The van der Waals surface area contributed by atoms with E-state index in [-0.39, 0.29) is 11.8 Å². The lowest BCUT2D eigenvalue weighted by Gasteiger charge is -2.18. The number of hydrogen-bond donors (Lipinski definition) is 0. The number of hydrogen-bond acceptors (Lipinski definition) is 3. The molecule has 1 aliphatic heterocycles. The molecule has 0 spiro atoms. The lowest BCUT2D eigenvalue weighted by atomic mass is 10.1. The van der Waals surface area contributed by atoms with Crippen LogP contribution in [0.1, 0.15) is 34.9 Å². The first-order valence-electron chi connectivity index (χ1n) is 11.6. The number of para-hydroxylation sites is 3. The van der Waals surface area contributed by atoms with Gasteiger partial charge in [-0.15, -0.1) is 0 Å². The topological polar surface area (TPSA) is 47.4 Å². The predicted octanol–water partition coefficient (Wildman–Crippen LogP) is 5.25. The highest BCUT2D eigenvalue weighted by atomic mass is 16.5. The third-order valence-corrected chi connectivity index (χ3v) is 6.45. The summed E-state index contributed by atoms with van der Waals surface area (Å²) in [6.45, 7) is 6.72. The van der Waals surface area contributed by atoms with Crippen molar-refractivity contribution < 1.29 is 9.53 Å². The second-order valence-corrected chi connectivity index (χ2v) is 8.84. The van der Waals surface area contributed by atoms with Crippen molar-refractivity contribution in [2.45, 2.75) is 39.3 Å². The fourth-order valence-corrected chi connectivity index (χ4v) is 4.81. The first-order chi connectivity index (χ1) is 16.1. The van der Waals surface area contributed by atoms with Crippen LogP contribution in [0.5, 0.6) is 5.75 Å². The van der Waals surface area contributed by atoms with Gasteiger partial charge in [-0.1, -0.05) is 60.7 Å². The zero-order chi connectivity index (χ0) is 22.8. The normalized spacial score (nSPS) is 16.0. The molecule has 1 aromatic heterocycles. The molecule has 33 heavy (non-hydrogen) atoms. The van der Waals surface area contributed by atoms with Gasteiger partial charge in [0, 0.05) is 25.4 Å². The second-order valence-electron chi connectivity index (χ2n) is 8.84. The van der Waals surface area contributed by atoms with Crippen LogP contribution in [0.4, 0.5) is 0 Å². The van der Waals surface area contributed by atoms with Gasteiger partial charge >= 0.3 is 0 Å². The molecule has 5 heteroatoms. The van der Waals surface area contributed by atoms with E-state index in [0.29, 0.717) is 32.7 Å². The number of aryl methyl sites for hydroxylation is 2. The van der Waals surface area contributed by atoms with Crippen LogP contribution in [0.15, 0.2) is 72.8 Å². The average molecular weight is 440 g/mol. The first-order valence-corrected chi connectivity index (χ1v) is 11.6. The van der Waals surface area contributed by atoms with E-state index in [1.54, 1.807) is 0 Å². The van der Waals surface area contributed by atoms with Gasteiger partial charge < -0.3 is 14.2 Å². The van der Waals surface area contributed by atoms with Crippen LogP contribution in [0.25, 0.3) is 11.0 Å². The van der Waals surface area contributed by atoms with E-state index in [9.17, 15) is 4.79 Å². The van der Waals surface area contributed by atoms with Crippen LogP contribution in [0, 0.1) is 13.8 Å². The summed E-state index contributed by atoms with van der Waals surface area (Å²) < 4.78 is 8.45. The fourth-order valence-electron chi connectivity index (χ4n) is 4.81. The Morgan fingerprint density at radius 1 is 0.939 bits per heavy atom. The van der Waals surface area contributed by atoms with Gasteiger partial charge in [-0.2, -0.15) is 0 Å². The molecule has 1 amide bonds. The third kappa shape index (κ3) is 4.36. The Morgan fingerprint density at radius 3 is 2.45 bits per heavy atom. The van der Waals surface area contributed by atoms with Crippen molar-refractivity contribution in [3.8, 4) is 5.75 Å². The Balaban J connectivity index is 1.37. The molecule has 0 N–H and O–H groups in total. The summed E-state index contributed by atoms with van der Waals surface area (Å²) in [5.74, 6) is 2.20. The van der Waals surface area contributed by atoms with E-state index in [2.05, 4.69) is 54.8 Å². The molecule has 4 aromatic rings. The SMILES string of the molecule is Cc1cccc(C)c1OCCn1c([C@H]2CC(=O)N(Cc3ccccc3)C2)nc2ccccc21. The molecular weight excluding hydrogens is 410 g/mol. The van der Waals surface area contributed by atoms with E-state index in [0.717, 1.165) is 39.3 Å². The van der Waals surface area contributed by atoms with Crippen molar-refractivity contribution in [3.05, 3.63) is 95.3 Å². The van der Waals surface area contributed by atoms with Crippen molar-refractivity contribution >= 4 is 16.9 Å². The zero-order valence-electron chi connectivity index (χ0n) is 19.2. The van der Waals surface area contributed by atoms with Crippen LogP contribution >= 0.6 is 0 Å². The van der Waals surface area contributed by atoms with Crippen LogP contribution in [0.3, 0.4) is 0 Å². The highest BCUT2D eigenvalue weighted by molar-refractivity contribution is 5.81. The molecule has 0 unspecified atom stereocenters. The highest BCUT2D eigenvalue weighted by Gasteiger charge is 2.34. The van der Waals surface area contributed by atoms with Crippen molar-refractivity contribution in [1.82, 2.24) is 14.5 Å². The Bertz CT molecular complexity index is 1260. The van der Waals surface area contributed by atoms with Gasteiger partial charge in [0.15, 0.2) is 0 Å². The number of ether oxygens (including phenoxy) is 1. The Hall–Kier alpha value is -3.60. The molecule has 1 atom stereocenters. The van der Waals surface area contributed by atoms with Gasteiger partial charge in [0.05, 0.1) is 17.6 Å². The molecular formula is C28H29N3O2. The Morgan fingerprint density at radius 2 is 1.67 bits per heavy atom. The van der Waals surface area contributed by atoms with E-state index >= 15 is 0 Å². The number of benzene rings is 3. The van der Waals surface area contributed by atoms with Gasteiger partial charge in [-0.05, 0) is 42.7 Å². The van der Waals surface area contributed by atoms with Crippen molar-refractivity contribution in [1.29, 1.82) is 0 Å². The lowest BCUT2D eigenvalue weighted by Crippen LogP contribution is -2.24. The highest BCUT2D eigenvalue weighted by Crippen LogP contribution is 2.31. The summed E-state index contributed by atoms with van der Waals surface area (Å²) >= 11 is 0. The molecule has 3 aromatic carbocycles. The Kier molecular flexibility index (Phi) is 5.86. The molecule has 1 aliphatic rings. The van der Waals surface area contributed by atoms with Gasteiger partial charge in [-0.3, -0.25) is 4.79 Å². The molecule has 2 heterocycles. The van der Waals surface area contributed by atoms with E-state index in [1.165, 1.54) is 0 Å². The molecule has 0 bridgehead atoms. The average Bonchev–Trinajstić information content (AvgIpc) is 3.37. The van der Waals surface area contributed by atoms with Crippen molar-refractivity contribution in [2.24, 2.45) is 0 Å². The monoisotopic (exact) mass is 439 g/mol. The van der Waals surface area contributed by atoms with E-state index in [1.807, 2.05) is 41.3 Å². The molecule has 0 radical (unpaired) electrons.